The fraction of sp³-hybridized carbons (Fsp3) is 0.167. The predicted molar refractivity (Wildman–Crippen MR) is 115 cm³/mol. The van der Waals surface area contributed by atoms with Gasteiger partial charge in [-0.15, -0.1) is 0 Å². The number of pyridine rings is 1. The highest BCUT2D eigenvalue weighted by Gasteiger charge is 2.09. The standard InChI is InChI=1S/C24H21N3O2/c1-27-17-19(20-10-2-3-11-21(20)27)16-23(28)25-13-4-5-15-29-22-12-6-8-18-9-7-14-26-24(18)22/h2-3,6-12,14,17H,13,15-16H2,1H3,(H,25,28). The monoisotopic (exact) mass is 383 g/mol. The zero-order chi connectivity index (χ0) is 20.1. The fourth-order valence-corrected chi connectivity index (χ4v) is 3.36. The number of hydrogen-bond acceptors (Lipinski definition) is 3. The molecule has 5 nitrogen and oxygen atoms in total. The maximum absolute atomic E-state index is 12.2. The number of aromatic nitrogens is 2. The first kappa shape index (κ1) is 18.6. The summed E-state index contributed by atoms with van der Waals surface area (Å²) in [6, 6.07) is 17.8. The van der Waals surface area contributed by atoms with Gasteiger partial charge in [-0.25, -0.2) is 0 Å². The van der Waals surface area contributed by atoms with Gasteiger partial charge < -0.3 is 14.6 Å². The van der Waals surface area contributed by atoms with Gasteiger partial charge in [0, 0.05) is 35.7 Å². The first-order valence-corrected chi connectivity index (χ1v) is 9.44. The Kier molecular flexibility index (Phi) is 5.44. The Bertz CT molecular complexity index is 1230. The molecule has 0 aliphatic carbocycles. The number of hydrogen-bond donors (Lipinski definition) is 1. The van der Waals surface area contributed by atoms with Crippen LogP contribution in [0.4, 0.5) is 0 Å². The van der Waals surface area contributed by atoms with Crippen LogP contribution >= 0.6 is 0 Å². The van der Waals surface area contributed by atoms with Crippen LogP contribution < -0.4 is 10.1 Å². The minimum Gasteiger partial charge on any atom is -0.479 e. The van der Waals surface area contributed by atoms with Crippen LogP contribution in [-0.4, -0.2) is 28.6 Å². The van der Waals surface area contributed by atoms with Crippen molar-refractivity contribution in [1.82, 2.24) is 14.9 Å². The first-order chi connectivity index (χ1) is 14.2. The number of ether oxygens (including phenoxy) is 1. The van der Waals surface area contributed by atoms with Gasteiger partial charge in [0.2, 0.25) is 5.91 Å². The van der Waals surface area contributed by atoms with Gasteiger partial charge in [0.1, 0.15) is 17.9 Å². The Morgan fingerprint density at radius 1 is 1.10 bits per heavy atom. The van der Waals surface area contributed by atoms with E-state index in [1.54, 1.807) is 6.20 Å². The van der Waals surface area contributed by atoms with Crippen molar-refractivity contribution in [2.75, 3.05) is 13.2 Å². The maximum Gasteiger partial charge on any atom is 0.225 e. The third kappa shape index (κ3) is 4.22. The predicted octanol–water partition coefficient (Wildman–Crippen LogP) is 3.47. The highest BCUT2D eigenvalue weighted by atomic mass is 16.5. The number of nitrogens with one attached hydrogen (secondary N) is 1. The average molecular weight is 383 g/mol. The van der Waals surface area contributed by atoms with Crippen LogP contribution in [0.1, 0.15) is 5.56 Å². The molecule has 0 saturated heterocycles. The second-order valence-corrected chi connectivity index (χ2v) is 6.71. The van der Waals surface area contributed by atoms with Crippen LogP contribution in [0.3, 0.4) is 0 Å². The molecule has 144 valence electrons. The molecule has 0 saturated carbocycles. The molecule has 5 heteroatoms. The van der Waals surface area contributed by atoms with Crippen LogP contribution in [0, 0.1) is 11.8 Å². The summed E-state index contributed by atoms with van der Waals surface area (Å²) < 4.78 is 7.76. The molecule has 4 aromatic rings. The van der Waals surface area contributed by atoms with Gasteiger partial charge >= 0.3 is 0 Å². The van der Waals surface area contributed by atoms with E-state index in [1.807, 2.05) is 72.4 Å². The molecule has 2 aromatic heterocycles. The lowest BCUT2D eigenvalue weighted by atomic mass is 10.1. The molecule has 0 aliphatic rings. The van der Waals surface area contributed by atoms with Crippen molar-refractivity contribution < 1.29 is 9.53 Å². The van der Waals surface area contributed by atoms with Gasteiger partial charge in [-0.1, -0.05) is 48.2 Å². The Hall–Kier alpha value is -3.78. The van der Waals surface area contributed by atoms with Crippen LogP contribution in [-0.2, 0) is 18.3 Å². The third-order valence-corrected chi connectivity index (χ3v) is 4.72. The number of amides is 1. The van der Waals surface area contributed by atoms with E-state index in [-0.39, 0.29) is 12.5 Å². The smallest absolute Gasteiger partial charge is 0.225 e. The van der Waals surface area contributed by atoms with Crippen LogP contribution in [0.25, 0.3) is 21.8 Å². The van der Waals surface area contributed by atoms with Gasteiger partial charge in [0.15, 0.2) is 0 Å². The van der Waals surface area contributed by atoms with E-state index in [0.717, 1.165) is 27.4 Å². The largest absolute Gasteiger partial charge is 0.479 e. The van der Waals surface area contributed by atoms with Crippen molar-refractivity contribution in [2.24, 2.45) is 7.05 Å². The van der Waals surface area contributed by atoms with Crippen molar-refractivity contribution in [2.45, 2.75) is 6.42 Å². The molecule has 0 radical (unpaired) electrons. The highest BCUT2D eigenvalue weighted by molar-refractivity contribution is 5.89. The summed E-state index contributed by atoms with van der Waals surface area (Å²) in [6.07, 6.45) is 4.08. The normalized spacial score (nSPS) is 10.5. The number of carbonyl (C=O) groups excluding carboxylic acids is 1. The number of benzene rings is 2. The molecule has 1 N–H and O–H groups in total. The molecule has 2 aromatic carbocycles. The van der Waals surface area contributed by atoms with E-state index in [9.17, 15) is 4.79 Å². The van der Waals surface area contributed by atoms with Gasteiger partial charge in [-0.2, -0.15) is 0 Å². The fourth-order valence-electron chi connectivity index (χ4n) is 3.36. The molecule has 0 fully saturated rings. The zero-order valence-corrected chi connectivity index (χ0v) is 16.2. The van der Waals surface area contributed by atoms with E-state index in [1.165, 1.54) is 0 Å². The van der Waals surface area contributed by atoms with E-state index in [2.05, 4.69) is 22.1 Å². The van der Waals surface area contributed by atoms with E-state index in [4.69, 9.17) is 4.74 Å². The molecule has 0 bridgehead atoms. The summed E-state index contributed by atoms with van der Waals surface area (Å²) in [6.45, 7) is 0.537. The quantitative estimate of drug-likeness (QED) is 0.537. The number of aryl methyl sites for hydroxylation is 1. The molecule has 0 atom stereocenters. The molecular formula is C24H21N3O2. The van der Waals surface area contributed by atoms with E-state index >= 15 is 0 Å². The molecule has 0 unspecified atom stereocenters. The lowest BCUT2D eigenvalue weighted by Gasteiger charge is -2.05. The van der Waals surface area contributed by atoms with Crippen molar-refractivity contribution in [3.05, 3.63) is 72.6 Å². The summed E-state index contributed by atoms with van der Waals surface area (Å²) >= 11 is 0. The molecular weight excluding hydrogens is 362 g/mol. The number of carbonyl (C=O) groups is 1. The van der Waals surface area contributed by atoms with Crippen molar-refractivity contribution >= 4 is 27.7 Å². The summed E-state index contributed by atoms with van der Waals surface area (Å²) in [5.74, 6) is 6.52. The number of fused-ring (bicyclic) bond motifs is 2. The van der Waals surface area contributed by atoms with Crippen molar-refractivity contribution in [1.29, 1.82) is 0 Å². The summed E-state index contributed by atoms with van der Waals surface area (Å²) in [5, 5.41) is 4.98. The Labute approximate surface area is 169 Å². The zero-order valence-electron chi connectivity index (χ0n) is 16.2. The molecule has 29 heavy (non-hydrogen) atoms. The summed E-state index contributed by atoms with van der Waals surface area (Å²) in [5.41, 5.74) is 2.95. The van der Waals surface area contributed by atoms with Crippen LogP contribution in [0.5, 0.6) is 5.75 Å². The summed E-state index contributed by atoms with van der Waals surface area (Å²) in [7, 11) is 1.99. The Balaban J connectivity index is 1.28. The lowest BCUT2D eigenvalue weighted by molar-refractivity contribution is -0.120. The second kappa shape index (κ2) is 8.49. The molecule has 4 rings (SSSR count). The number of nitrogens with zero attached hydrogens (tertiary/aromatic N) is 2. The highest BCUT2D eigenvalue weighted by Crippen LogP contribution is 2.22. The lowest BCUT2D eigenvalue weighted by Crippen LogP contribution is -2.25. The number of rotatable bonds is 5. The number of para-hydroxylation sites is 2. The van der Waals surface area contributed by atoms with Crippen LogP contribution in [0.15, 0.2) is 67.0 Å². The van der Waals surface area contributed by atoms with E-state index in [0.29, 0.717) is 18.7 Å². The minimum absolute atomic E-state index is 0.0465. The maximum atomic E-state index is 12.2. The second-order valence-electron chi connectivity index (χ2n) is 6.71. The Morgan fingerprint density at radius 3 is 2.90 bits per heavy atom. The minimum atomic E-state index is -0.0465. The van der Waals surface area contributed by atoms with Crippen molar-refractivity contribution in [3.63, 3.8) is 0 Å². The first-order valence-electron chi connectivity index (χ1n) is 9.44. The Morgan fingerprint density at radius 2 is 1.97 bits per heavy atom. The SMILES string of the molecule is Cn1cc(CC(=O)NCC#CCOc2cccc3cccnc23)c2ccccc21. The topological polar surface area (TPSA) is 56.2 Å². The van der Waals surface area contributed by atoms with Crippen molar-refractivity contribution in [3.8, 4) is 17.6 Å². The van der Waals surface area contributed by atoms with Gasteiger partial charge in [0.05, 0.1) is 13.0 Å². The van der Waals surface area contributed by atoms with Gasteiger partial charge in [0.25, 0.3) is 0 Å². The molecule has 0 spiro atoms. The van der Waals surface area contributed by atoms with Crippen LogP contribution in [0.2, 0.25) is 0 Å². The summed E-state index contributed by atoms with van der Waals surface area (Å²) in [4.78, 5) is 16.6. The molecule has 2 heterocycles. The van der Waals surface area contributed by atoms with E-state index < -0.39 is 0 Å². The van der Waals surface area contributed by atoms with Gasteiger partial charge in [-0.3, -0.25) is 9.78 Å². The average Bonchev–Trinajstić information content (AvgIpc) is 3.06. The molecule has 0 aliphatic heterocycles. The third-order valence-electron chi connectivity index (χ3n) is 4.72. The molecule has 1 amide bonds. The van der Waals surface area contributed by atoms with Gasteiger partial charge in [-0.05, 0) is 23.8 Å².